The SMILES string of the molecule is CCOC(CNC(=O)c1cc2c(C)nc3ccccc3c2o1)OCC. The topological polar surface area (TPSA) is 73.6 Å². The molecular weight excluding hydrogens is 320 g/mol. The van der Waals surface area contributed by atoms with Gasteiger partial charge in [0.25, 0.3) is 5.91 Å². The minimum absolute atomic E-state index is 0.253. The number of aromatic nitrogens is 1. The summed E-state index contributed by atoms with van der Waals surface area (Å²) in [6, 6.07) is 9.46. The van der Waals surface area contributed by atoms with E-state index < -0.39 is 6.29 Å². The van der Waals surface area contributed by atoms with Gasteiger partial charge in [0.05, 0.1) is 12.1 Å². The zero-order valence-electron chi connectivity index (χ0n) is 14.7. The van der Waals surface area contributed by atoms with E-state index in [2.05, 4.69) is 10.3 Å². The van der Waals surface area contributed by atoms with Crippen molar-refractivity contribution in [2.75, 3.05) is 19.8 Å². The molecule has 1 aromatic carbocycles. The van der Waals surface area contributed by atoms with Crippen LogP contribution in [-0.2, 0) is 9.47 Å². The lowest BCUT2D eigenvalue weighted by Crippen LogP contribution is -2.35. The summed E-state index contributed by atoms with van der Waals surface area (Å²) in [5.41, 5.74) is 2.36. The van der Waals surface area contributed by atoms with Gasteiger partial charge in [-0.1, -0.05) is 12.1 Å². The molecule has 2 heterocycles. The molecule has 3 rings (SSSR count). The molecule has 0 saturated heterocycles. The van der Waals surface area contributed by atoms with Gasteiger partial charge < -0.3 is 19.2 Å². The molecule has 6 heteroatoms. The molecule has 1 N–H and O–H groups in total. The van der Waals surface area contributed by atoms with Crippen molar-refractivity contribution in [2.24, 2.45) is 0 Å². The van der Waals surface area contributed by atoms with Gasteiger partial charge in [-0.2, -0.15) is 0 Å². The molecule has 0 spiro atoms. The van der Waals surface area contributed by atoms with E-state index in [1.807, 2.05) is 45.0 Å². The van der Waals surface area contributed by atoms with Crippen LogP contribution in [0.5, 0.6) is 0 Å². The summed E-state index contributed by atoms with van der Waals surface area (Å²) in [5.74, 6) is -0.0490. The second-order valence-corrected chi connectivity index (χ2v) is 5.62. The van der Waals surface area contributed by atoms with Crippen LogP contribution in [0.15, 0.2) is 34.7 Å². The first-order valence-corrected chi connectivity index (χ1v) is 8.44. The van der Waals surface area contributed by atoms with Crippen molar-refractivity contribution >= 4 is 27.8 Å². The molecule has 0 aliphatic heterocycles. The highest BCUT2D eigenvalue weighted by Crippen LogP contribution is 2.29. The Kier molecular flexibility index (Phi) is 5.31. The summed E-state index contributed by atoms with van der Waals surface area (Å²) < 4.78 is 16.7. The minimum Gasteiger partial charge on any atom is -0.450 e. The summed E-state index contributed by atoms with van der Waals surface area (Å²) in [7, 11) is 0. The number of para-hydroxylation sites is 1. The molecule has 0 unspecified atom stereocenters. The number of furan rings is 1. The average Bonchev–Trinajstić information content (AvgIpc) is 3.06. The molecule has 0 radical (unpaired) electrons. The average molecular weight is 342 g/mol. The Hall–Kier alpha value is -2.44. The highest BCUT2D eigenvalue weighted by Gasteiger charge is 2.18. The van der Waals surface area contributed by atoms with Gasteiger partial charge in [-0.05, 0) is 39.0 Å². The second kappa shape index (κ2) is 7.63. The monoisotopic (exact) mass is 342 g/mol. The van der Waals surface area contributed by atoms with Gasteiger partial charge in [-0.3, -0.25) is 9.78 Å². The largest absolute Gasteiger partial charge is 0.450 e. The molecule has 0 bridgehead atoms. The molecule has 0 atom stereocenters. The van der Waals surface area contributed by atoms with Crippen molar-refractivity contribution in [2.45, 2.75) is 27.1 Å². The van der Waals surface area contributed by atoms with E-state index in [0.29, 0.717) is 18.8 Å². The van der Waals surface area contributed by atoms with Crippen LogP contribution in [0.25, 0.3) is 21.9 Å². The maximum absolute atomic E-state index is 12.4. The van der Waals surface area contributed by atoms with Gasteiger partial charge in [0.15, 0.2) is 12.1 Å². The van der Waals surface area contributed by atoms with E-state index in [1.165, 1.54) is 0 Å². The molecule has 2 aromatic heterocycles. The third-order valence-electron chi connectivity index (χ3n) is 3.92. The first-order valence-electron chi connectivity index (χ1n) is 8.44. The fourth-order valence-corrected chi connectivity index (χ4v) is 2.78. The van der Waals surface area contributed by atoms with Crippen molar-refractivity contribution in [3.05, 3.63) is 41.8 Å². The van der Waals surface area contributed by atoms with Crippen LogP contribution >= 0.6 is 0 Å². The quantitative estimate of drug-likeness (QED) is 0.666. The lowest BCUT2D eigenvalue weighted by atomic mass is 10.1. The van der Waals surface area contributed by atoms with Crippen molar-refractivity contribution in [1.29, 1.82) is 0 Å². The van der Waals surface area contributed by atoms with E-state index in [9.17, 15) is 4.79 Å². The van der Waals surface area contributed by atoms with Crippen LogP contribution in [0.4, 0.5) is 0 Å². The summed E-state index contributed by atoms with van der Waals surface area (Å²) in [4.78, 5) is 17.0. The third-order valence-corrected chi connectivity index (χ3v) is 3.92. The summed E-state index contributed by atoms with van der Waals surface area (Å²) >= 11 is 0. The molecule has 3 aromatic rings. The van der Waals surface area contributed by atoms with Crippen LogP contribution in [0.3, 0.4) is 0 Å². The van der Waals surface area contributed by atoms with Crippen LogP contribution < -0.4 is 5.32 Å². The number of carbonyl (C=O) groups is 1. The van der Waals surface area contributed by atoms with Crippen LogP contribution in [-0.4, -0.2) is 36.9 Å². The Morgan fingerprint density at radius 1 is 1.20 bits per heavy atom. The van der Waals surface area contributed by atoms with Crippen molar-refractivity contribution in [1.82, 2.24) is 10.3 Å². The predicted molar refractivity (Wildman–Crippen MR) is 95.6 cm³/mol. The number of nitrogens with zero attached hydrogens (tertiary/aromatic N) is 1. The minimum atomic E-state index is -0.465. The van der Waals surface area contributed by atoms with E-state index >= 15 is 0 Å². The van der Waals surface area contributed by atoms with Gasteiger partial charge in [0.1, 0.15) is 5.58 Å². The predicted octanol–water partition coefficient (Wildman–Crippen LogP) is 3.42. The highest BCUT2D eigenvalue weighted by atomic mass is 16.7. The van der Waals surface area contributed by atoms with Crippen molar-refractivity contribution in [3.63, 3.8) is 0 Å². The van der Waals surface area contributed by atoms with Gasteiger partial charge in [-0.25, -0.2) is 0 Å². The number of hydrogen-bond acceptors (Lipinski definition) is 5. The van der Waals surface area contributed by atoms with Crippen LogP contribution in [0.1, 0.15) is 30.1 Å². The Labute approximate surface area is 146 Å². The molecule has 0 aliphatic rings. The molecule has 0 fully saturated rings. The zero-order chi connectivity index (χ0) is 17.8. The molecule has 0 saturated carbocycles. The van der Waals surface area contributed by atoms with Gasteiger partial charge in [0.2, 0.25) is 0 Å². The maximum Gasteiger partial charge on any atom is 0.287 e. The Morgan fingerprint density at radius 3 is 2.64 bits per heavy atom. The molecule has 0 aliphatic carbocycles. The number of fused-ring (bicyclic) bond motifs is 3. The number of pyridine rings is 1. The fourth-order valence-electron chi connectivity index (χ4n) is 2.78. The number of hydrogen-bond donors (Lipinski definition) is 1. The second-order valence-electron chi connectivity index (χ2n) is 5.62. The highest BCUT2D eigenvalue weighted by molar-refractivity contribution is 6.06. The van der Waals surface area contributed by atoms with Crippen molar-refractivity contribution < 1.29 is 18.7 Å². The van der Waals surface area contributed by atoms with E-state index in [0.717, 1.165) is 22.0 Å². The van der Waals surface area contributed by atoms with Crippen LogP contribution in [0, 0.1) is 6.92 Å². The van der Waals surface area contributed by atoms with Gasteiger partial charge >= 0.3 is 0 Å². The number of rotatable bonds is 7. The summed E-state index contributed by atoms with van der Waals surface area (Å²) in [5, 5.41) is 4.53. The maximum atomic E-state index is 12.4. The smallest absolute Gasteiger partial charge is 0.287 e. The molecular formula is C19H22N2O4. The van der Waals surface area contributed by atoms with E-state index in [1.54, 1.807) is 6.07 Å². The third kappa shape index (κ3) is 3.65. The first kappa shape index (κ1) is 17.4. The number of amides is 1. The fraction of sp³-hybridized carbons (Fsp3) is 0.368. The molecule has 25 heavy (non-hydrogen) atoms. The zero-order valence-corrected chi connectivity index (χ0v) is 14.7. The number of aryl methyl sites for hydroxylation is 1. The summed E-state index contributed by atoms with van der Waals surface area (Å²) in [6.07, 6.45) is -0.465. The van der Waals surface area contributed by atoms with Crippen LogP contribution in [0.2, 0.25) is 0 Å². The lowest BCUT2D eigenvalue weighted by molar-refractivity contribution is -0.131. The lowest BCUT2D eigenvalue weighted by Gasteiger charge is -2.16. The Bertz CT molecular complexity index is 882. The number of nitrogens with one attached hydrogen (secondary N) is 1. The van der Waals surface area contributed by atoms with Crippen molar-refractivity contribution in [3.8, 4) is 0 Å². The standard InChI is InChI=1S/C19H22N2O4/c1-4-23-17(24-5-2)11-20-19(22)16-10-14-12(3)21-15-9-7-6-8-13(15)18(14)25-16/h6-10,17H,4-5,11H2,1-3H3,(H,20,22). The molecule has 1 amide bonds. The first-order chi connectivity index (χ1) is 12.1. The van der Waals surface area contributed by atoms with Gasteiger partial charge in [-0.15, -0.1) is 0 Å². The number of ether oxygens (including phenoxy) is 2. The molecule has 132 valence electrons. The Balaban J connectivity index is 1.85. The van der Waals surface area contributed by atoms with Gasteiger partial charge in [0, 0.05) is 29.7 Å². The number of carbonyl (C=O) groups excluding carboxylic acids is 1. The number of benzene rings is 1. The normalized spacial score (nSPS) is 11.5. The Morgan fingerprint density at radius 2 is 1.92 bits per heavy atom. The van der Waals surface area contributed by atoms with E-state index in [4.69, 9.17) is 13.9 Å². The molecule has 6 nitrogen and oxygen atoms in total. The van der Waals surface area contributed by atoms with E-state index in [-0.39, 0.29) is 18.2 Å². The summed E-state index contributed by atoms with van der Waals surface area (Å²) in [6.45, 7) is 6.97.